The quantitative estimate of drug-likeness (QED) is 0.0222. The summed E-state index contributed by atoms with van der Waals surface area (Å²) in [6.07, 6.45) is 47.6. The van der Waals surface area contributed by atoms with Gasteiger partial charge in [0.15, 0.2) is 12.2 Å². The molecule has 0 saturated heterocycles. The van der Waals surface area contributed by atoms with Gasteiger partial charge >= 0.3 is 39.5 Å². The molecule has 4 unspecified atom stereocenters. The largest absolute Gasteiger partial charge is 0.472 e. The van der Waals surface area contributed by atoms with Crippen molar-refractivity contribution in [2.45, 2.75) is 374 Å². The average Bonchev–Trinajstić information content (AvgIpc) is 3.69. The van der Waals surface area contributed by atoms with Crippen LogP contribution in [0.1, 0.15) is 356 Å². The van der Waals surface area contributed by atoms with E-state index in [1.54, 1.807) is 0 Å². The maximum Gasteiger partial charge on any atom is 0.472 e. The molecule has 0 fully saturated rings. The number of unbranched alkanes of at least 4 members (excludes halogenated alkanes) is 37. The maximum atomic E-state index is 13.0. The number of phosphoric acid groups is 2. The summed E-state index contributed by atoms with van der Waals surface area (Å²) in [6.45, 7) is 9.42. The fourth-order valence-electron chi connectivity index (χ4n) is 10.5. The van der Waals surface area contributed by atoms with E-state index < -0.39 is 97.5 Å². The number of aliphatic hydroxyl groups is 1. The van der Waals surface area contributed by atoms with E-state index in [0.717, 1.165) is 115 Å². The van der Waals surface area contributed by atoms with Crippen molar-refractivity contribution >= 4 is 39.5 Å². The number of hydrogen-bond donors (Lipinski definition) is 3. The van der Waals surface area contributed by atoms with Crippen LogP contribution in [-0.2, 0) is 65.4 Å². The summed E-state index contributed by atoms with van der Waals surface area (Å²) in [4.78, 5) is 72.4. The van der Waals surface area contributed by atoms with Gasteiger partial charge in [-0.15, -0.1) is 0 Å². The normalized spacial score (nSPS) is 14.8. The Kier molecular flexibility index (Phi) is 60.8. The second-order valence-electron chi connectivity index (χ2n) is 25.8. The minimum Gasteiger partial charge on any atom is -0.462 e. The lowest BCUT2D eigenvalue weighted by atomic mass is 10.00. The molecular weight excluding hydrogens is 1170 g/mol. The van der Waals surface area contributed by atoms with Crippen LogP contribution in [0.4, 0.5) is 0 Å². The molecule has 3 N–H and O–H groups in total. The number of carbonyl (C=O) groups excluding carboxylic acids is 4. The lowest BCUT2D eigenvalue weighted by molar-refractivity contribution is -0.161. The van der Waals surface area contributed by atoms with E-state index in [1.807, 2.05) is 0 Å². The molecule has 0 heterocycles. The van der Waals surface area contributed by atoms with Crippen molar-refractivity contribution in [2.75, 3.05) is 39.6 Å². The third-order valence-electron chi connectivity index (χ3n) is 16.9. The van der Waals surface area contributed by atoms with Crippen LogP contribution < -0.4 is 0 Å². The molecule has 7 atom stereocenters. The molecule has 0 aliphatic heterocycles. The van der Waals surface area contributed by atoms with E-state index in [4.69, 9.17) is 37.0 Å². The Bertz CT molecular complexity index is 1740. The van der Waals surface area contributed by atoms with Crippen molar-refractivity contribution < 1.29 is 80.2 Å². The average molecular weight is 1310 g/mol. The van der Waals surface area contributed by atoms with Crippen molar-refractivity contribution in [2.24, 2.45) is 11.8 Å². The van der Waals surface area contributed by atoms with Gasteiger partial charge in [-0.1, -0.05) is 305 Å². The van der Waals surface area contributed by atoms with Crippen LogP contribution in [0, 0.1) is 11.8 Å². The van der Waals surface area contributed by atoms with Gasteiger partial charge in [-0.2, -0.15) is 0 Å². The van der Waals surface area contributed by atoms with Crippen LogP contribution in [-0.4, -0.2) is 96.7 Å². The minimum atomic E-state index is -4.95. The number of carbonyl (C=O) groups is 4. The molecular formula is C70H136O17P2. The smallest absolute Gasteiger partial charge is 0.462 e. The number of esters is 4. The molecule has 0 aromatic rings. The molecule has 0 rings (SSSR count). The second-order valence-corrected chi connectivity index (χ2v) is 28.7. The first-order valence-corrected chi connectivity index (χ1v) is 39.6. The molecule has 0 radical (unpaired) electrons. The summed E-state index contributed by atoms with van der Waals surface area (Å²) in [6, 6.07) is 0. The summed E-state index contributed by atoms with van der Waals surface area (Å²) >= 11 is 0. The minimum absolute atomic E-state index is 0.103. The molecule has 0 aromatic carbocycles. The molecule has 0 amide bonds. The van der Waals surface area contributed by atoms with Gasteiger partial charge in [0.1, 0.15) is 19.3 Å². The lowest BCUT2D eigenvalue weighted by Crippen LogP contribution is -2.30. The van der Waals surface area contributed by atoms with Crippen molar-refractivity contribution in [3.63, 3.8) is 0 Å². The molecule has 0 saturated carbocycles. The van der Waals surface area contributed by atoms with E-state index >= 15 is 0 Å². The van der Waals surface area contributed by atoms with Crippen LogP contribution in [0.25, 0.3) is 0 Å². The SMILES string of the molecule is CCCCCCCCCCCCCCCCCCCCCCCC(=O)O[C@H](COC(=O)CCCCCCCCC(C)CC)COP(=O)(O)OC[C@@H](O)COP(=O)(O)OC[C@@H](COC(=O)CCCCCCCCCC)OC(=O)CCCCCCCCC(C)CC. The van der Waals surface area contributed by atoms with Crippen molar-refractivity contribution in [3.8, 4) is 0 Å². The summed E-state index contributed by atoms with van der Waals surface area (Å²) < 4.78 is 68.1. The Morgan fingerprint density at radius 3 is 0.798 bits per heavy atom. The van der Waals surface area contributed by atoms with Gasteiger partial charge in [0.05, 0.1) is 26.4 Å². The van der Waals surface area contributed by atoms with Gasteiger partial charge in [0.25, 0.3) is 0 Å². The molecule has 89 heavy (non-hydrogen) atoms. The van der Waals surface area contributed by atoms with E-state index in [1.165, 1.54) is 161 Å². The first kappa shape index (κ1) is 87.1. The Labute approximate surface area is 543 Å². The first-order chi connectivity index (χ1) is 42.9. The van der Waals surface area contributed by atoms with Crippen LogP contribution in [0.15, 0.2) is 0 Å². The van der Waals surface area contributed by atoms with Crippen molar-refractivity contribution in [1.29, 1.82) is 0 Å². The van der Waals surface area contributed by atoms with Crippen molar-refractivity contribution in [3.05, 3.63) is 0 Å². The summed E-state index contributed by atoms with van der Waals surface area (Å²) in [5, 5.41) is 10.6. The lowest BCUT2D eigenvalue weighted by Gasteiger charge is -2.21. The molecule has 0 aromatic heterocycles. The highest BCUT2D eigenvalue weighted by Gasteiger charge is 2.30. The fraction of sp³-hybridized carbons (Fsp3) is 0.943. The summed E-state index contributed by atoms with van der Waals surface area (Å²) in [5.41, 5.74) is 0. The summed E-state index contributed by atoms with van der Waals surface area (Å²) in [7, 11) is -9.89. The molecule has 19 heteroatoms. The topological polar surface area (TPSA) is 237 Å². The van der Waals surface area contributed by atoms with Crippen LogP contribution in [0.3, 0.4) is 0 Å². The highest BCUT2D eigenvalue weighted by Crippen LogP contribution is 2.45. The van der Waals surface area contributed by atoms with E-state index in [2.05, 4.69) is 41.5 Å². The van der Waals surface area contributed by atoms with Gasteiger partial charge in [-0.05, 0) is 37.5 Å². The highest BCUT2D eigenvalue weighted by atomic mass is 31.2. The maximum absolute atomic E-state index is 13.0. The predicted molar refractivity (Wildman–Crippen MR) is 358 cm³/mol. The van der Waals surface area contributed by atoms with Crippen LogP contribution >= 0.6 is 15.6 Å². The zero-order chi connectivity index (χ0) is 65.7. The van der Waals surface area contributed by atoms with Crippen molar-refractivity contribution in [1.82, 2.24) is 0 Å². The Balaban J connectivity index is 5.14. The molecule has 0 aliphatic carbocycles. The molecule has 528 valence electrons. The second kappa shape index (κ2) is 62.2. The molecule has 0 aliphatic rings. The Morgan fingerprint density at radius 2 is 0.539 bits per heavy atom. The van der Waals surface area contributed by atoms with Gasteiger partial charge < -0.3 is 33.8 Å². The number of rotatable bonds is 69. The summed E-state index contributed by atoms with van der Waals surface area (Å²) in [5.74, 6) is -0.682. The third-order valence-corrected chi connectivity index (χ3v) is 18.8. The van der Waals surface area contributed by atoms with E-state index in [9.17, 15) is 43.2 Å². The van der Waals surface area contributed by atoms with Gasteiger partial charge in [-0.25, -0.2) is 9.13 Å². The Hall–Kier alpha value is -1.94. The number of aliphatic hydroxyl groups excluding tert-OH is 1. The zero-order valence-corrected chi connectivity index (χ0v) is 59.5. The van der Waals surface area contributed by atoms with Crippen LogP contribution in [0.5, 0.6) is 0 Å². The fourth-order valence-corrected chi connectivity index (χ4v) is 12.1. The zero-order valence-electron chi connectivity index (χ0n) is 57.7. The van der Waals surface area contributed by atoms with Gasteiger partial charge in [-0.3, -0.25) is 37.3 Å². The van der Waals surface area contributed by atoms with E-state index in [-0.39, 0.29) is 25.7 Å². The highest BCUT2D eigenvalue weighted by molar-refractivity contribution is 7.47. The first-order valence-electron chi connectivity index (χ1n) is 36.6. The monoisotopic (exact) mass is 1310 g/mol. The van der Waals surface area contributed by atoms with Crippen LogP contribution in [0.2, 0.25) is 0 Å². The standard InChI is InChI=1S/C70H136O17P2/c1-7-11-13-15-17-19-20-21-22-23-24-25-26-27-28-29-30-31-33-42-48-54-69(74)86-65(59-81-68(73)53-47-41-36-34-38-44-50-62(5)9-3)60-84-88(76,77)82-56-64(71)57-83-89(78,79)85-61-66(58-80-67(72)52-46-40-32-18-16-14-12-8-2)87-70(75)55-49-43-37-35-39-45-51-63(6)10-4/h62-66,71H,7-61H2,1-6H3,(H,76,77)(H,78,79)/t62?,63?,64-,65-,66-/m1/s1. The third kappa shape index (κ3) is 62.0. The molecule has 17 nitrogen and oxygen atoms in total. The molecule has 0 bridgehead atoms. The van der Waals surface area contributed by atoms with E-state index in [0.29, 0.717) is 25.7 Å². The number of phosphoric ester groups is 2. The number of ether oxygens (including phenoxy) is 4. The Morgan fingerprint density at radius 1 is 0.315 bits per heavy atom. The van der Waals surface area contributed by atoms with Gasteiger partial charge in [0.2, 0.25) is 0 Å². The van der Waals surface area contributed by atoms with Gasteiger partial charge in [0, 0.05) is 25.7 Å². The number of hydrogen-bond acceptors (Lipinski definition) is 15. The predicted octanol–water partition coefficient (Wildman–Crippen LogP) is 20.0. The molecule has 0 spiro atoms.